The van der Waals surface area contributed by atoms with E-state index >= 15 is 0 Å². The van der Waals surface area contributed by atoms with Gasteiger partial charge >= 0.3 is 5.97 Å². The first-order valence-electron chi connectivity index (χ1n) is 7.00. The molecule has 0 saturated carbocycles. The smallest absolute Gasteiger partial charge is 0.343 e. The van der Waals surface area contributed by atoms with Gasteiger partial charge in [0, 0.05) is 5.02 Å². The van der Waals surface area contributed by atoms with Crippen LogP contribution in [-0.4, -0.2) is 12.6 Å². The average molecular weight is 384 g/mol. The molecule has 2 rings (SSSR count). The van der Waals surface area contributed by atoms with Crippen molar-refractivity contribution < 1.29 is 14.3 Å². The van der Waals surface area contributed by atoms with E-state index in [0.29, 0.717) is 33.2 Å². The normalized spacial score (nSPS) is 10.3. The highest BCUT2D eigenvalue weighted by molar-refractivity contribution is 9.10. The number of carbonyl (C=O) groups is 1. The minimum absolute atomic E-state index is 0.423. The van der Waals surface area contributed by atoms with Crippen molar-refractivity contribution in [3.8, 4) is 11.5 Å². The number of rotatable bonds is 6. The molecule has 0 N–H and O–H groups in total. The highest BCUT2D eigenvalue weighted by Gasteiger charge is 2.12. The van der Waals surface area contributed by atoms with Gasteiger partial charge in [0.25, 0.3) is 0 Å². The first-order chi connectivity index (χ1) is 10.6. The molecule has 0 heterocycles. The second-order valence-corrected chi connectivity index (χ2v) is 5.98. The Bertz CT molecular complexity index is 658. The summed E-state index contributed by atoms with van der Waals surface area (Å²) in [5, 5.41) is 0.568. The molecule has 2 aromatic carbocycles. The SMILES string of the molecule is CCCCOc1cccc(C(=O)Oc2ccc(Cl)cc2Br)c1. The molecule has 0 bridgehead atoms. The summed E-state index contributed by atoms with van der Waals surface area (Å²) in [6.07, 6.45) is 2.04. The molecule has 0 radical (unpaired) electrons. The van der Waals surface area contributed by atoms with Crippen LogP contribution in [-0.2, 0) is 0 Å². The lowest BCUT2D eigenvalue weighted by atomic mass is 10.2. The molecular weight excluding hydrogens is 368 g/mol. The number of ether oxygens (including phenoxy) is 2. The second-order valence-electron chi connectivity index (χ2n) is 4.69. The molecule has 0 amide bonds. The Morgan fingerprint density at radius 1 is 1.23 bits per heavy atom. The topological polar surface area (TPSA) is 35.5 Å². The van der Waals surface area contributed by atoms with E-state index in [9.17, 15) is 4.79 Å². The standard InChI is InChI=1S/C17H16BrClO3/c1-2-3-9-21-14-6-4-5-12(10-14)17(20)22-16-8-7-13(19)11-15(16)18/h4-8,10-11H,2-3,9H2,1H3. The van der Waals surface area contributed by atoms with Crippen LogP contribution in [0.15, 0.2) is 46.9 Å². The van der Waals surface area contributed by atoms with Crippen molar-refractivity contribution in [3.05, 3.63) is 57.5 Å². The molecular formula is C17H16BrClO3. The maximum absolute atomic E-state index is 12.2. The molecule has 5 heteroatoms. The highest BCUT2D eigenvalue weighted by Crippen LogP contribution is 2.28. The van der Waals surface area contributed by atoms with Gasteiger partial charge in [0.2, 0.25) is 0 Å². The van der Waals surface area contributed by atoms with E-state index in [-0.39, 0.29) is 0 Å². The Kier molecular flexibility index (Phi) is 6.28. The number of esters is 1. The number of benzene rings is 2. The maximum atomic E-state index is 12.2. The fourth-order valence-corrected chi connectivity index (χ4v) is 2.53. The molecule has 2 aromatic rings. The van der Waals surface area contributed by atoms with Gasteiger partial charge in [-0.15, -0.1) is 0 Å². The zero-order valence-electron chi connectivity index (χ0n) is 12.1. The number of unbranched alkanes of at least 4 members (excludes halogenated alkanes) is 1. The summed E-state index contributed by atoms with van der Waals surface area (Å²) in [6.45, 7) is 2.73. The molecule has 22 heavy (non-hydrogen) atoms. The Labute approximate surface area is 143 Å². The first-order valence-corrected chi connectivity index (χ1v) is 8.17. The Hall–Kier alpha value is -1.52. The highest BCUT2D eigenvalue weighted by atomic mass is 79.9. The second kappa shape index (κ2) is 8.20. The van der Waals surface area contributed by atoms with Crippen molar-refractivity contribution >= 4 is 33.5 Å². The fourth-order valence-electron chi connectivity index (χ4n) is 1.76. The predicted octanol–water partition coefficient (Wildman–Crippen LogP) is 5.50. The van der Waals surface area contributed by atoms with Crippen molar-refractivity contribution in [1.82, 2.24) is 0 Å². The monoisotopic (exact) mass is 382 g/mol. The van der Waals surface area contributed by atoms with E-state index in [4.69, 9.17) is 21.1 Å². The third-order valence-electron chi connectivity index (χ3n) is 2.93. The molecule has 0 aliphatic carbocycles. The average Bonchev–Trinajstić information content (AvgIpc) is 2.50. The van der Waals surface area contributed by atoms with Crippen LogP contribution in [0.5, 0.6) is 11.5 Å². The summed E-state index contributed by atoms with van der Waals surface area (Å²) in [6, 6.07) is 12.0. The quantitative estimate of drug-likeness (QED) is 0.375. The largest absolute Gasteiger partial charge is 0.494 e. The van der Waals surface area contributed by atoms with Crippen molar-refractivity contribution in [1.29, 1.82) is 0 Å². The summed E-state index contributed by atoms with van der Waals surface area (Å²) >= 11 is 9.18. The summed E-state index contributed by atoms with van der Waals surface area (Å²) < 4.78 is 11.6. The molecule has 116 valence electrons. The van der Waals surface area contributed by atoms with Crippen LogP contribution in [0.4, 0.5) is 0 Å². The third kappa shape index (κ3) is 4.75. The van der Waals surface area contributed by atoms with Gasteiger partial charge < -0.3 is 9.47 Å². The molecule has 0 unspecified atom stereocenters. The van der Waals surface area contributed by atoms with E-state index in [1.54, 1.807) is 36.4 Å². The zero-order valence-corrected chi connectivity index (χ0v) is 14.5. The summed E-state index contributed by atoms with van der Waals surface area (Å²) in [4.78, 5) is 12.2. The van der Waals surface area contributed by atoms with E-state index < -0.39 is 5.97 Å². The van der Waals surface area contributed by atoms with Crippen LogP contribution in [0, 0.1) is 0 Å². The van der Waals surface area contributed by atoms with Crippen molar-refractivity contribution in [2.45, 2.75) is 19.8 Å². The maximum Gasteiger partial charge on any atom is 0.343 e. The summed E-state index contributed by atoms with van der Waals surface area (Å²) in [7, 11) is 0. The van der Waals surface area contributed by atoms with Gasteiger partial charge in [-0.3, -0.25) is 0 Å². The predicted molar refractivity (Wildman–Crippen MR) is 91.0 cm³/mol. The lowest BCUT2D eigenvalue weighted by Crippen LogP contribution is -2.09. The third-order valence-corrected chi connectivity index (χ3v) is 3.79. The van der Waals surface area contributed by atoms with E-state index in [0.717, 1.165) is 12.8 Å². The minimum atomic E-state index is -0.441. The molecule has 0 saturated heterocycles. The van der Waals surface area contributed by atoms with Gasteiger partial charge in [0.15, 0.2) is 0 Å². The minimum Gasteiger partial charge on any atom is -0.494 e. The van der Waals surface area contributed by atoms with Crippen LogP contribution in [0.2, 0.25) is 5.02 Å². The fraction of sp³-hybridized carbons (Fsp3) is 0.235. The number of hydrogen-bond donors (Lipinski definition) is 0. The Morgan fingerprint density at radius 2 is 2.05 bits per heavy atom. The summed E-state index contributed by atoms with van der Waals surface area (Å²) in [5.74, 6) is 0.647. The van der Waals surface area contributed by atoms with Crippen LogP contribution in [0.3, 0.4) is 0 Å². The molecule has 0 spiro atoms. The van der Waals surface area contributed by atoms with Crippen LogP contribution >= 0.6 is 27.5 Å². The molecule has 0 fully saturated rings. The van der Waals surface area contributed by atoms with Crippen molar-refractivity contribution in [2.24, 2.45) is 0 Å². The van der Waals surface area contributed by atoms with Crippen LogP contribution in [0.1, 0.15) is 30.1 Å². The van der Waals surface area contributed by atoms with E-state index in [2.05, 4.69) is 22.9 Å². The molecule has 0 atom stereocenters. The van der Waals surface area contributed by atoms with Gasteiger partial charge in [0.05, 0.1) is 16.6 Å². The molecule has 0 aliphatic rings. The number of hydrogen-bond acceptors (Lipinski definition) is 3. The molecule has 0 aliphatic heterocycles. The number of halogens is 2. The Balaban J connectivity index is 2.07. The molecule has 3 nitrogen and oxygen atoms in total. The molecule has 0 aromatic heterocycles. The van der Waals surface area contributed by atoms with Crippen LogP contribution < -0.4 is 9.47 Å². The summed E-state index contributed by atoms with van der Waals surface area (Å²) in [5.41, 5.74) is 0.441. The van der Waals surface area contributed by atoms with Gasteiger partial charge in [-0.25, -0.2) is 4.79 Å². The van der Waals surface area contributed by atoms with Crippen molar-refractivity contribution in [3.63, 3.8) is 0 Å². The van der Waals surface area contributed by atoms with Crippen molar-refractivity contribution in [2.75, 3.05) is 6.61 Å². The lowest BCUT2D eigenvalue weighted by molar-refractivity contribution is 0.0733. The van der Waals surface area contributed by atoms with Gasteiger partial charge in [0.1, 0.15) is 11.5 Å². The van der Waals surface area contributed by atoms with Gasteiger partial charge in [-0.05, 0) is 58.7 Å². The lowest BCUT2D eigenvalue weighted by Gasteiger charge is -2.09. The van der Waals surface area contributed by atoms with Gasteiger partial charge in [-0.1, -0.05) is 31.0 Å². The first kappa shape index (κ1) is 16.8. The van der Waals surface area contributed by atoms with E-state index in [1.165, 1.54) is 0 Å². The number of carbonyl (C=O) groups excluding carboxylic acids is 1. The van der Waals surface area contributed by atoms with Crippen LogP contribution in [0.25, 0.3) is 0 Å². The van der Waals surface area contributed by atoms with Gasteiger partial charge in [-0.2, -0.15) is 0 Å². The Morgan fingerprint density at radius 3 is 2.77 bits per heavy atom. The zero-order chi connectivity index (χ0) is 15.9. The van der Waals surface area contributed by atoms with E-state index in [1.807, 2.05) is 6.07 Å².